The van der Waals surface area contributed by atoms with Gasteiger partial charge in [-0.05, 0) is 18.4 Å². The molecular formula is C11H20N2OS. The van der Waals surface area contributed by atoms with Crippen LogP contribution < -0.4 is 5.73 Å². The number of hydrogen-bond acceptors (Lipinski definition) is 4. The molecule has 15 heavy (non-hydrogen) atoms. The maximum atomic E-state index is 5.81. The molecule has 0 spiro atoms. The van der Waals surface area contributed by atoms with Gasteiger partial charge in [0.05, 0.1) is 6.61 Å². The minimum absolute atomic E-state index is 0.210. The van der Waals surface area contributed by atoms with Gasteiger partial charge in [-0.25, -0.2) is 0 Å². The van der Waals surface area contributed by atoms with Gasteiger partial charge in [-0.3, -0.25) is 4.90 Å². The van der Waals surface area contributed by atoms with E-state index in [0.717, 1.165) is 26.2 Å². The molecule has 0 unspecified atom stereocenters. The first-order valence-corrected chi connectivity index (χ1v) is 6.09. The van der Waals surface area contributed by atoms with Gasteiger partial charge < -0.3 is 10.5 Å². The summed E-state index contributed by atoms with van der Waals surface area (Å²) in [6.45, 7) is 5.63. The molecule has 2 N–H and O–H groups in total. The summed E-state index contributed by atoms with van der Waals surface area (Å²) in [5.41, 5.74) is 5.81. The molecule has 0 aliphatic rings. The summed E-state index contributed by atoms with van der Waals surface area (Å²) in [5, 5.41) is 2.11. The molecule has 86 valence electrons. The summed E-state index contributed by atoms with van der Waals surface area (Å²) in [6.07, 6.45) is 0. The van der Waals surface area contributed by atoms with E-state index in [0.29, 0.717) is 0 Å². The van der Waals surface area contributed by atoms with Gasteiger partial charge in [0.25, 0.3) is 0 Å². The van der Waals surface area contributed by atoms with E-state index in [4.69, 9.17) is 10.5 Å². The number of methoxy groups -OCH3 is 1. The molecule has 4 heteroatoms. The van der Waals surface area contributed by atoms with Gasteiger partial charge in [-0.2, -0.15) is 0 Å². The number of nitrogens with zero attached hydrogens (tertiary/aromatic N) is 1. The number of rotatable bonds is 7. The van der Waals surface area contributed by atoms with E-state index < -0.39 is 0 Å². The standard InChI is InChI=1S/C11H20N2OS/c1-10(12)8-13(5-6-14-2)9-11-4-3-7-15-11/h3-4,7,10H,5-6,8-9,12H2,1-2H3/t10-/m1/s1. The van der Waals surface area contributed by atoms with Crippen LogP contribution in [-0.2, 0) is 11.3 Å². The third-order valence-corrected chi connectivity index (χ3v) is 2.98. The molecule has 0 fully saturated rings. The van der Waals surface area contributed by atoms with Crippen molar-refractivity contribution >= 4 is 11.3 Å². The third kappa shape index (κ3) is 5.28. The molecule has 0 aliphatic heterocycles. The van der Waals surface area contributed by atoms with Crippen molar-refractivity contribution in [2.45, 2.75) is 19.5 Å². The van der Waals surface area contributed by atoms with Crippen molar-refractivity contribution in [3.05, 3.63) is 22.4 Å². The van der Waals surface area contributed by atoms with E-state index in [1.54, 1.807) is 18.4 Å². The van der Waals surface area contributed by atoms with Gasteiger partial charge >= 0.3 is 0 Å². The highest BCUT2D eigenvalue weighted by Crippen LogP contribution is 2.11. The molecule has 3 nitrogen and oxygen atoms in total. The first-order valence-electron chi connectivity index (χ1n) is 5.21. The highest BCUT2D eigenvalue weighted by atomic mass is 32.1. The van der Waals surface area contributed by atoms with Crippen molar-refractivity contribution in [1.29, 1.82) is 0 Å². The number of ether oxygens (including phenoxy) is 1. The molecule has 1 aromatic heterocycles. The van der Waals surface area contributed by atoms with Crippen LogP contribution in [-0.4, -0.2) is 37.7 Å². The van der Waals surface area contributed by atoms with Crippen LogP contribution in [0.15, 0.2) is 17.5 Å². The largest absolute Gasteiger partial charge is 0.383 e. The van der Waals surface area contributed by atoms with E-state index >= 15 is 0 Å². The molecule has 0 amide bonds. The Labute approximate surface area is 95.8 Å². The van der Waals surface area contributed by atoms with E-state index in [9.17, 15) is 0 Å². The summed E-state index contributed by atoms with van der Waals surface area (Å²) >= 11 is 1.79. The minimum Gasteiger partial charge on any atom is -0.383 e. The predicted octanol–water partition coefficient (Wildman–Crippen LogP) is 1.54. The summed E-state index contributed by atoms with van der Waals surface area (Å²) < 4.78 is 5.09. The van der Waals surface area contributed by atoms with E-state index in [-0.39, 0.29) is 6.04 Å². The Morgan fingerprint density at radius 3 is 2.93 bits per heavy atom. The summed E-state index contributed by atoms with van der Waals surface area (Å²) in [5.74, 6) is 0. The second-order valence-electron chi connectivity index (χ2n) is 3.78. The SMILES string of the molecule is COCCN(Cc1cccs1)C[C@@H](C)N. The van der Waals surface area contributed by atoms with Crippen LogP contribution in [0.4, 0.5) is 0 Å². The molecule has 0 aliphatic carbocycles. The van der Waals surface area contributed by atoms with Crippen molar-refractivity contribution in [1.82, 2.24) is 4.90 Å². The molecular weight excluding hydrogens is 208 g/mol. The van der Waals surface area contributed by atoms with Gasteiger partial charge in [0.15, 0.2) is 0 Å². The van der Waals surface area contributed by atoms with Crippen molar-refractivity contribution in [3.8, 4) is 0 Å². The fraction of sp³-hybridized carbons (Fsp3) is 0.636. The van der Waals surface area contributed by atoms with Gasteiger partial charge in [0.2, 0.25) is 0 Å². The van der Waals surface area contributed by atoms with Gasteiger partial charge in [0, 0.05) is 37.7 Å². The highest BCUT2D eigenvalue weighted by Gasteiger charge is 2.08. The smallest absolute Gasteiger partial charge is 0.0589 e. The monoisotopic (exact) mass is 228 g/mol. The summed E-state index contributed by atoms with van der Waals surface area (Å²) in [6, 6.07) is 4.45. The Hall–Kier alpha value is -0.420. The lowest BCUT2D eigenvalue weighted by molar-refractivity contribution is 0.141. The first kappa shape index (κ1) is 12.6. The zero-order chi connectivity index (χ0) is 11.1. The molecule has 1 heterocycles. The minimum atomic E-state index is 0.210. The van der Waals surface area contributed by atoms with Gasteiger partial charge in [-0.1, -0.05) is 6.07 Å². The van der Waals surface area contributed by atoms with E-state index in [1.165, 1.54) is 4.88 Å². The average Bonchev–Trinajstić information content (AvgIpc) is 2.66. The molecule has 1 rings (SSSR count). The lowest BCUT2D eigenvalue weighted by atomic mass is 10.3. The lowest BCUT2D eigenvalue weighted by Crippen LogP contribution is -2.36. The third-order valence-electron chi connectivity index (χ3n) is 2.12. The van der Waals surface area contributed by atoms with Gasteiger partial charge in [-0.15, -0.1) is 11.3 Å². The maximum absolute atomic E-state index is 5.81. The Kier molecular flexibility index (Phi) is 5.86. The Morgan fingerprint density at radius 1 is 1.60 bits per heavy atom. The topological polar surface area (TPSA) is 38.5 Å². The molecule has 1 aromatic rings. The van der Waals surface area contributed by atoms with Crippen molar-refractivity contribution in [3.63, 3.8) is 0 Å². The second-order valence-corrected chi connectivity index (χ2v) is 4.82. The van der Waals surface area contributed by atoms with Crippen LogP contribution >= 0.6 is 11.3 Å². The molecule has 0 saturated heterocycles. The summed E-state index contributed by atoms with van der Waals surface area (Å²) in [7, 11) is 1.73. The number of nitrogens with two attached hydrogens (primary N) is 1. The van der Waals surface area contributed by atoms with Crippen LogP contribution in [0.3, 0.4) is 0 Å². The predicted molar refractivity (Wildman–Crippen MR) is 65.1 cm³/mol. The van der Waals surface area contributed by atoms with Gasteiger partial charge in [0.1, 0.15) is 0 Å². The van der Waals surface area contributed by atoms with Crippen LogP contribution in [0, 0.1) is 0 Å². The van der Waals surface area contributed by atoms with Crippen molar-refractivity contribution in [2.75, 3.05) is 26.8 Å². The maximum Gasteiger partial charge on any atom is 0.0589 e. The Balaban J connectivity index is 2.41. The first-order chi connectivity index (χ1) is 7.22. The number of thiophene rings is 1. The normalized spacial score (nSPS) is 13.3. The van der Waals surface area contributed by atoms with Crippen molar-refractivity contribution < 1.29 is 4.74 Å². The zero-order valence-corrected chi connectivity index (χ0v) is 10.3. The second kappa shape index (κ2) is 6.95. The van der Waals surface area contributed by atoms with Crippen molar-refractivity contribution in [2.24, 2.45) is 5.73 Å². The molecule has 0 aromatic carbocycles. The average molecular weight is 228 g/mol. The molecule has 1 atom stereocenters. The molecule has 0 bridgehead atoms. The zero-order valence-electron chi connectivity index (χ0n) is 9.48. The van der Waals surface area contributed by atoms with Crippen LogP contribution in [0.25, 0.3) is 0 Å². The van der Waals surface area contributed by atoms with E-state index in [2.05, 4.69) is 22.4 Å². The number of hydrogen-bond donors (Lipinski definition) is 1. The van der Waals surface area contributed by atoms with Crippen LogP contribution in [0.2, 0.25) is 0 Å². The summed E-state index contributed by atoms with van der Waals surface area (Å²) in [4.78, 5) is 3.71. The highest BCUT2D eigenvalue weighted by molar-refractivity contribution is 7.09. The Bertz CT molecular complexity index is 249. The fourth-order valence-electron chi connectivity index (χ4n) is 1.49. The van der Waals surface area contributed by atoms with Crippen LogP contribution in [0.1, 0.15) is 11.8 Å². The van der Waals surface area contributed by atoms with Crippen LogP contribution in [0.5, 0.6) is 0 Å². The lowest BCUT2D eigenvalue weighted by Gasteiger charge is -2.23. The molecule has 0 saturated carbocycles. The molecule has 0 radical (unpaired) electrons. The quantitative estimate of drug-likeness (QED) is 0.769. The fourth-order valence-corrected chi connectivity index (χ4v) is 2.23. The Morgan fingerprint density at radius 2 is 2.40 bits per heavy atom. The van der Waals surface area contributed by atoms with E-state index in [1.807, 2.05) is 6.92 Å².